The number of amides is 4. The summed E-state index contributed by atoms with van der Waals surface area (Å²) in [5.74, 6) is -0.0749. The standard InChI is InChI=1S/C40H44N4O7/c1-25(45)43-20-8-12-31(43)33(46)23-26-14-19-34-29(22-26)24-35(50-34)27-15-17-30(18-16-27)41-37(47)32-13-9-21-44(32)38(48)36(28-10-6-5-7-11-28)42-39(49)51-40(2,3)4/h5-7,10-11,14-19,22,24,31-32,36H,8-9,12-13,20-21,23H2,1-4H3,(H,41,47)(H,42,49)/t31-,32-,36+/m0/s1. The molecule has 0 spiro atoms. The van der Waals surface area contributed by atoms with Crippen molar-refractivity contribution in [1.29, 1.82) is 0 Å². The monoisotopic (exact) mass is 692 g/mol. The minimum Gasteiger partial charge on any atom is -0.456 e. The number of fused-ring (bicyclic) bond motifs is 1. The highest BCUT2D eigenvalue weighted by molar-refractivity contribution is 5.99. The SMILES string of the molecule is CC(=O)N1CCC[C@H]1C(=O)Cc1ccc2oc(-c3ccc(NC(=O)[C@@H]4CCCN4C(=O)[C@H](NC(=O)OC(C)(C)C)c4ccccc4)cc3)cc2c1. The van der Waals surface area contributed by atoms with Crippen LogP contribution in [0.2, 0.25) is 0 Å². The smallest absolute Gasteiger partial charge is 0.408 e. The zero-order chi connectivity index (χ0) is 36.3. The molecule has 3 atom stereocenters. The van der Waals surface area contributed by atoms with E-state index in [0.717, 1.165) is 22.9 Å². The number of furan rings is 1. The van der Waals surface area contributed by atoms with Crippen molar-refractivity contribution in [1.82, 2.24) is 15.1 Å². The van der Waals surface area contributed by atoms with Gasteiger partial charge in [0, 0.05) is 43.1 Å². The molecule has 1 aromatic heterocycles. The van der Waals surface area contributed by atoms with E-state index >= 15 is 0 Å². The van der Waals surface area contributed by atoms with Crippen LogP contribution in [0.25, 0.3) is 22.3 Å². The van der Waals surface area contributed by atoms with Gasteiger partial charge in [-0.15, -0.1) is 0 Å². The average molecular weight is 693 g/mol. The molecule has 2 aliphatic rings. The van der Waals surface area contributed by atoms with Crippen LogP contribution in [-0.2, 0) is 30.3 Å². The summed E-state index contributed by atoms with van der Waals surface area (Å²) < 4.78 is 11.5. The summed E-state index contributed by atoms with van der Waals surface area (Å²) in [5, 5.41) is 6.53. The highest BCUT2D eigenvalue weighted by Crippen LogP contribution is 2.31. The van der Waals surface area contributed by atoms with E-state index in [1.807, 2.05) is 42.5 Å². The molecule has 51 heavy (non-hydrogen) atoms. The maximum atomic E-state index is 13.9. The van der Waals surface area contributed by atoms with Crippen LogP contribution >= 0.6 is 0 Å². The lowest BCUT2D eigenvalue weighted by Crippen LogP contribution is -2.49. The van der Waals surface area contributed by atoms with E-state index in [4.69, 9.17) is 9.15 Å². The highest BCUT2D eigenvalue weighted by Gasteiger charge is 2.39. The normalized spacial score (nSPS) is 18.0. The van der Waals surface area contributed by atoms with Gasteiger partial charge in [0.05, 0.1) is 6.04 Å². The van der Waals surface area contributed by atoms with Gasteiger partial charge in [-0.2, -0.15) is 0 Å². The second kappa shape index (κ2) is 14.8. The summed E-state index contributed by atoms with van der Waals surface area (Å²) in [5.41, 5.74) is 2.77. The second-order valence-corrected chi connectivity index (χ2v) is 14.2. The summed E-state index contributed by atoms with van der Waals surface area (Å²) in [7, 11) is 0. The Morgan fingerprint density at radius 2 is 1.55 bits per heavy atom. The van der Waals surface area contributed by atoms with E-state index in [1.165, 1.54) is 11.8 Å². The molecule has 3 heterocycles. The predicted octanol–water partition coefficient (Wildman–Crippen LogP) is 6.42. The van der Waals surface area contributed by atoms with E-state index in [2.05, 4.69) is 10.6 Å². The van der Waals surface area contributed by atoms with Crippen molar-refractivity contribution >= 4 is 46.3 Å². The lowest BCUT2D eigenvalue weighted by Gasteiger charge is -2.29. The highest BCUT2D eigenvalue weighted by atomic mass is 16.6. The number of Topliss-reactive ketones (excluding diaryl/α,β-unsaturated/α-hetero) is 1. The summed E-state index contributed by atoms with van der Waals surface area (Å²) in [6.45, 7) is 7.77. The molecule has 0 unspecified atom stereocenters. The number of alkyl carbamates (subject to hydrolysis) is 1. The first-order valence-electron chi connectivity index (χ1n) is 17.4. The molecule has 3 aromatic carbocycles. The Morgan fingerprint density at radius 3 is 2.24 bits per heavy atom. The molecule has 2 N–H and O–H groups in total. The zero-order valence-electron chi connectivity index (χ0n) is 29.4. The van der Waals surface area contributed by atoms with Gasteiger partial charge in [-0.25, -0.2) is 4.79 Å². The molecule has 0 bridgehead atoms. The van der Waals surface area contributed by atoms with Crippen molar-refractivity contribution in [3.63, 3.8) is 0 Å². The van der Waals surface area contributed by atoms with E-state index in [-0.39, 0.29) is 36.0 Å². The number of ether oxygens (including phenoxy) is 1. The number of carbonyl (C=O) groups excluding carboxylic acids is 5. The van der Waals surface area contributed by atoms with Crippen LogP contribution in [0.4, 0.5) is 10.5 Å². The van der Waals surface area contributed by atoms with Crippen molar-refractivity contribution in [3.05, 3.63) is 90.0 Å². The van der Waals surface area contributed by atoms with Gasteiger partial charge >= 0.3 is 6.09 Å². The Bertz CT molecular complexity index is 1930. The fourth-order valence-electron chi connectivity index (χ4n) is 6.91. The molecule has 11 nitrogen and oxygen atoms in total. The van der Waals surface area contributed by atoms with Crippen molar-refractivity contribution in [2.75, 3.05) is 18.4 Å². The molecule has 0 aliphatic carbocycles. The first-order valence-corrected chi connectivity index (χ1v) is 17.4. The Balaban J connectivity index is 1.11. The van der Waals surface area contributed by atoms with Crippen LogP contribution in [0.15, 0.2) is 83.3 Å². The van der Waals surface area contributed by atoms with Gasteiger partial charge < -0.3 is 29.6 Å². The van der Waals surface area contributed by atoms with Gasteiger partial charge in [0.2, 0.25) is 11.8 Å². The first-order chi connectivity index (χ1) is 24.4. The molecular weight excluding hydrogens is 648 g/mol. The van der Waals surface area contributed by atoms with Gasteiger partial charge in [-0.3, -0.25) is 19.2 Å². The fourth-order valence-corrected chi connectivity index (χ4v) is 6.91. The number of anilines is 1. The van der Waals surface area contributed by atoms with Crippen LogP contribution < -0.4 is 10.6 Å². The van der Waals surface area contributed by atoms with E-state index in [9.17, 15) is 24.0 Å². The molecule has 0 saturated carbocycles. The maximum absolute atomic E-state index is 13.9. The molecule has 6 rings (SSSR count). The summed E-state index contributed by atoms with van der Waals surface area (Å²) >= 11 is 0. The maximum Gasteiger partial charge on any atom is 0.408 e. The molecule has 4 amide bonds. The third kappa shape index (κ3) is 8.30. The van der Waals surface area contributed by atoms with Gasteiger partial charge in [-0.1, -0.05) is 36.4 Å². The molecule has 2 saturated heterocycles. The Labute approximate surface area is 297 Å². The molecular formula is C40H44N4O7. The van der Waals surface area contributed by atoms with E-state index in [0.29, 0.717) is 54.9 Å². The Kier molecular flexibility index (Phi) is 10.3. The van der Waals surface area contributed by atoms with Gasteiger partial charge in [0.1, 0.15) is 29.0 Å². The molecule has 0 radical (unpaired) electrons. The van der Waals surface area contributed by atoms with Crippen LogP contribution in [-0.4, -0.2) is 70.2 Å². The number of carbonyl (C=O) groups is 5. The number of likely N-dealkylation sites (tertiary alicyclic amines) is 2. The van der Waals surface area contributed by atoms with Crippen molar-refractivity contribution in [2.45, 2.75) is 83.5 Å². The number of rotatable bonds is 9. The van der Waals surface area contributed by atoms with E-state index in [1.54, 1.807) is 62.1 Å². The van der Waals surface area contributed by atoms with Gasteiger partial charge in [-0.05, 0) is 100 Å². The number of ketones is 1. The van der Waals surface area contributed by atoms with Crippen LogP contribution in [0.5, 0.6) is 0 Å². The fraction of sp³-hybridized carbons (Fsp3) is 0.375. The molecule has 2 fully saturated rings. The minimum absolute atomic E-state index is 0.0435. The van der Waals surface area contributed by atoms with Crippen LogP contribution in [0, 0.1) is 0 Å². The number of nitrogens with one attached hydrogen (secondary N) is 2. The Morgan fingerprint density at radius 1 is 0.863 bits per heavy atom. The minimum atomic E-state index is -1.02. The number of benzene rings is 3. The number of nitrogens with zero attached hydrogens (tertiary/aromatic N) is 2. The Hall–Kier alpha value is -5.45. The van der Waals surface area contributed by atoms with Crippen molar-refractivity contribution in [3.8, 4) is 11.3 Å². The molecule has 2 aliphatic heterocycles. The largest absolute Gasteiger partial charge is 0.456 e. The predicted molar refractivity (Wildman–Crippen MR) is 193 cm³/mol. The lowest BCUT2D eigenvalue weighted by molar-refractivity contribution is -0.138. The molecule has 11 heteroatoms. The van der Waals surface area contributed by atoms with Gasteiger partial charge in [0.25, 0.3) is 5.91 Å². The molecule has 266 valence electrons. The third-order valence-corrected chi connectivity index (χ3v) is 9.30. The molecule has 4 aromatic rings. The second-order valence-electron chi connectivity index (χ2n) is 14.2. The summed E-state index contributed by atoms with van der Waals surface area (Å²) in [6.07, 6.45) is 2.21. The van der Waals surface area contributed by atoms with Gasteiger partial charge in [0.15, 0.2) is 5.78 Å². The topological polar surface area (TPSA) is 138 Å². The average Bonchev–Trinajstić information content (AvgIpc) is 3.87. The number of hydrogen-bond donors (Lipinski definition) is 2. The lowest BCUT2D eigenvalue weighted by atomic mass is 10.0. The quantitative estimate of drug-likeness (QED) is 0.207. The summed E-state index contributed by atoms with van der Waals surface area (Å²) in [6, 6.07) is 21.7. The first kappa shape index (κ1) is 35.4. The van der Waals surface area contributed by atoms with Crippen molar-refractivity contribution in [2.24, 2.45) is 0 Å². The zero-order valence-corrected chi connectivity index (χ0v) is 29.4. The van der Waals surface area contributed by atoms with Crippen LogP contribution in [0.1, 0.15) is 70.5 Å². The van der Waals surface area contributed by atoms with E-state index < -0.39 is 23.8 Å². The van der Waals surface area contributed by atoms with Crippen LogP contribution in [0.3, 0.4) is 0 Å². The summed E-state index contributed by atoms with van der Waals surface area (Å²) in [4.78, 5) is 68.3. The third-order valence-electron chi connectivity index (χ3n) is 9.30. The van der Waals surface area contributed by atoms with Crippen molar-refractivity contribution < 1.29 is 33.1 Å². The number of hydrogen-bond acceptors (Lipinski definition) is 7.